The second kappa shape index (κ2) is 12.9. The highest BCUT2D eigenvalue weighted by Gasteiger charge is 2.46. The molecule has 46 heavy (non-hydrogen) atoms. The van der Waals surface area contributed by atoms with Crippen molar-refractivity contribution in [2.75, 3.05) is 36.1 Å². The number of nitrogens with one attached hydrogen (secondary N) is 4. The van der Waals surface area contributed by atoms with Crippen molar-refractivity contribution in [3.63, 3.8) is 0 Å². The number of likely N-dealkylation sites (tertiary alicyclic amines) is 1. The molecule has 0 radical (unpaired) electrons. The summed E-state index contributed by atoms with van der Waals surface area (Å²) in [5.41, 5.74) is 3.52. The summed E-state index contributed by atoms with van der Waals surface area (Å²) < 4.78 is 10.6. The van der Waals surface area contributed by atoms with E-state index >= 15 is 0 Å². The van der Waals surface area contributed by atoms with Crippen LogP contribution in [-0.2, 0) is 19.9 Å². The quantitative estimate of drug-likeness (QED) is 0.244. The number of rotatable bonds is 2. The van der Waals surface area contributed by atoms with E-state index in [9.17, 15) is 19.2 Å². The number of carbonyl (C=O) groups is 4. The molecule has 2 aromatic carbocycles. The molecular formula is C33H35ClN6O6. The molecule has 1 spiro atoms. The minimum absolute atomic E-state index is 0.151. The van der Waals surface area contributed by atoms with Gasteiger partial charge in [-0.2, -0.15) is 0 Å². The van der Waals surface area contributed by atoms with E-state index in [4.69, 9.17) is 21.1 Å². The van der Waals surface area contributed by atoms with Crippen LogP contribution in [0.15, 0.2) is 54.7 Å². The van der Waals surface area contributed by atoms with E-state index in [2.05, 4.69) is 26.3 Å². The molecular weight excluding hydrogens is 612 g/mol. The molecule has 0 unspecified atom stereocenters. The Labute approximate surface area is 271 Å². The molecule has 3 aliphatic heterocycles. The maximum Gasteiger partial charge on any atom is 0.412 e. The van der Waals surface area contributed by atoms with E-state index in [1.807, 2.05) is 25.1 Å². The molecule has 1 fully saturated rings. The van der Waals surface area contributed by atoms with Crippen molar-refractivity contribution in [1.82, 2.24) is 15.2 Å². The number of benzene rings is 2. The number of fused-ring (bicyclic) bond motifs is 6. The van der Waals surface area contributed by atoms with Crippen molar-refractivity contribution in [1.29, 1.82) is 0 Å². The third-order valence-electron chi connectivity index (χ3n) is 8.77. The highest BCUT2D eigenvalue weighted by molar-refractivity contribution is 6.30. The molecule has 3 aromatic rings. The number of methoxy groups -OCH3 is 1. The van der Waals surface area contributed by atoms with Gasteiger partial charge in [-0.15, -0.1) is 0 Å². The lowest BCUT2D eigenvalue weighted by Gasteiger charge is -2.45. The number of amides is 5. The monoisotopic (exact) mass is 646 g/mol. The van der Waals surface area contributed by atoms with E-state index in [0.717, 1.165) is 16.7 Å². The number of hydrogen-bond donors (Lipinski definition) is 4. The summed E-state index contributed by atoms with van der Waals surface area (Å²) in [5.74, 6) is -0.460. The number of hydrogen-bond acceptors (Lipinski definition) is 7. The average molecular weight is 647 g/mol. The number of carbonyl (C=O) groups excluding carboxylic acids is 4. The first-order valence-corrected chi connectivity index (χ1v) is 15.6. The number of anilines is 3. The second-order valence-corrected chi connectivity index (χ2v) is 12.3. The average Bonchev–Trinajstić information content (AvgIpc) is 3.04. The maximum atomic E-state index is 13.9. The molecule has 0 saturated carbocycles. The van der Waals surface area contributed by atoms with Gasteiger partial charge in [0.05, 0.1) is 36.8 Å². The SMILES string of the molecule is COC(=O)Nc1ccc2c(c1)NC(=O)[C@H](C)CCC[C@H](NC(=O)N1CCC[C@@]3(C1)OC(=O)Nc1ccc(Cl)cc13)c1cc-2ccn1. The van der Waals surface area contributed by atoms with Crippen molar-refractivity contribution in [2.24, 2.45) is 5.92 Å². The number of nitrogens with zero attached hydrogens (tertiary/aromatic N) is 2. The van der Waals surface area contributed by atoms with Gasteiger partial charge in [-0.25, -0.2) is 14.4 Å². The third kappa shape index (κ3) is 6.43. The molecule has 240 valence electrons. The topological polar surface area (TPSA) is 151 Å². The fourth-order valence-electron chi connectivity index (χ4n) is 6.37. The molecule has 4 N–H and O–H groups in total. The van der Waals surface area contributed by atoms with Crippen LogP contribution in [0.3, 0.4) is 0 Å². The molecule has 5 amide bonds. The van der Waals surface area contributed by atoms with Gasteiger partial charge in [0.25, 0.3) is 0 Å². The Morgan fingerprint density at radius 2 is 1.91 bits per heavy atom. The summed E-state index contributed by atoms with van der Waals surface area (Å²) in [6.45, 7) is 2.52. The normalized spacial score (nSPS) is 22.5. The lowest BCUT2D eigenvalue weighted by Crippen LogP contribution is -2.55. The fraction of sp³-hybridized carbons (Fsp3) is 0.364. The smallest absolute Gasteiger partial charge is 0.412 e. The number of ether oxygens (including phenoxy) is 2. The fourth-order valence-corrected chi connectivity index (χ4v) is 6.54. The number of halogens is 1. The van der Waals surface area contributed by atoms with Crippen LogP contribution in [0.2, 0.25) is 5.02 Å². The summed E-state index contributed by atoms with van der Waals surface area (Å²) in [6.07, 6.45) is 3.47. The highest BCUT2D eigenvalue weighted by atomic mass is 35.5. The Bertz CT molecular complexity index is 1700. The van der Waals surface area contributed by atoms with E-state index in [0.29, 0.717) is 66.4 Å². The van der Waals surface area contributed by atoms with Gasteiger partial charge in [0.15, 0.2) is 5.60 Å². The molecule has 1 saturated heterocycles. The molecule has 1 aromatic heterocycles. The van der Waals surface area contributed by atoms with Gasteiger partial charge in [-0.3, -0.25) is 20.4 Å². The molecule has 0 aliphatic carbocycles. The van der Waals surface area contributed by atoms with Crippen molar-refractivity contribution in [3.8, 4) is 11.1 Å². The first-order valence-electron chi connectivity index (χ1n) is 15.3. The van der Waals surface area contributed by atoms with Gasteiger partial charge >= 0.3 is 18.2 Å². The van der Waals surface area contributed by atoms with Crippen LogP contribution >= 0.6 is 11.6 Å². The zero-order valence-corrected chi connectivity index (χ0v) is 26.3. The molecule has 3 aliphatic rings. The molecule has 12 nitrogen and oxygen atoms in total. The number of piperidine rings is 1. The Kier molecular flexibility index (Phi) is 8.72. The maximum absolute atomic E-state index is 13.9. The molecule has 3 atom stereocenters. The van der Waals surface area contributed by atoms with Gasteiger partial charge in [-0.05, 0) is 73.7 Å². The first kappa shape index (κ1) is 31.2. The number of pyridine rings is 1. The van der Waals surface area contributed by atoms with Gasteiger partial charge in [0, 0.05) is 40.5 Å². The van der Waals surface area contributed by atoms with Crippen LogP contribution in [-0.4, -0.2) is 54.2 Å². The highest BCUT2D eigenvalue weighted by Crippen LogP contribution is 2.43. The predicted octanol–water partition coefficient (Wildman–Crippen LogP) is 6.64. The van der Waals surface area contributed by atoms with Gasteiger partial charge in [0.2, 0.25) is 5.91 Å². The van der Waals surface area contributed by atoms with E-state index in [1.54, 1.807) is 41.4 Å². The van der Waals surface area contributed by atoms with Crippen LogP contribution in [0.25, 0.3) is 11.1 Å². The summed E-state index contributed by atoms with van der Waals surface area (Å²) in [5, 5.41) is 12.1. The van der Waals surface area contributed by atoms with Gasteiger partial charge < -0.3 is 25.0 Å². The van der Waals surface area contributed by atoms with Crippen LogP contribution < -0.4 is 21.3 Å². The van der Waals surface area contributed by atoms with Crippen LogP contribution in [0.1, 0.15) is 56.3 Å². The van der Waals surface area contributed by atoms with Gasteiger partial charge in [-0.1, -0.05) is 31.0 Å². The molecule has 4 heterocycles. The zero-order valence-electron chi connectivity index (χ0n) is 25.5. The lowest BCUT2D eigenvalue weighted by atomic mass is 9.83. The molecule has 6 rings (SSSR count). The van der Waals surface area contributed by atoms with Crippen molar-refractivity contribution >= 4 is 52.8 Å². The summed E-state index contributed by atoms with van der Waals surface area (Å²) in [6, 6.07) is 13.4. The van der Waals surface area contributed by atoms with Crippen LogP contribution in [0.5, 0.6) is 0 Å². The summed E-state index contributed by atoms with van der Waals surface area (Å²) in [4.78, 5) is 57.7. The van der Waals surface area contributed by atoms with E-state index in [-0.39, 0.29) is 24.4 Å². The molecule has 13 heteroatoms. The summed E-state index contributed by atoms with van der Waals surface area (Å²) >= 11 is 6.32. The lowest BCUT2D eigenvalue weighted by molar-refractivity contribution is -0.119. The number of aromatic nitrogens is 1. The summed E-state index contributed by atoms with van der Waals surface area (Å²) in [7, 11) is 1.28. The Morgan fingerprint density at radius 3 is 2.74 bits per heavy atom. The van der Waals surface area contributed by atoms with Crippen molar-refractivity contribution < 1.29 is 28.7 Å². The standard InChI is InChI=1S/C33H35ClN6O6/c1-19-5-3-6-26(28-15-20(11-13-35-28)23-9-8-22(36-31(43)45-2)17-27(23)37-29(19)41)38-30(42)40-14-4-12-33(18-40)24-16-21(34)7-10-25(24)39-32(44)46-33/h7-11,13,15-17,19,26H,3-6,12,14,18H2,1-2H3,(H,36,43)(H,37,41)(H,38,42)(H,39,44)/t19-,26+,33+/m1/s1. The van der Waals surface area contributed by atoms with Crippen LogP contribution in [0, 0.1) is 5.92 Å². The zero-order chi connectivity index (χ0) is 32.4. The third-order valence-corrected chi connectivity index (χ3v) is 9.01. The number of urea groups is 1. The predicted molar refractivity (Wildman–Crippen MR) is 173 cm³/mol. The Hall–Kier alpha value is -4.84. The van der Waals surface area contributed by atoms with Crippen LogP contribution in [0.4, 0.5) is 31.4 Å². The largest absolute Gasteiger partial charge is 0.453 e. The minimum atomic E-state index is -1.02. The van der Waals surface area contributed by atoms with Crippen molar-refractivity contribution in [2.45, 2.75) is 50.7 Å². The minimum Gasteiger partial charge on any atom is -0.453 e. The van der Waals surface area contributed by atoms with Gasteiger partial charge in [0.1, 0.15) is 0 Å². The first-order chi connectivity index (χ1) is 22.1. The second-order valence-electron chi connectivity index (χ2n) is 11.9. The molecule has 2 bridgehead atoms. The van der Waals surface area contributed by atoms with Crippen molar-refractivity contribution in [3.05, 3.63) is 71.0 Å². The van der Waals surface area contributed by atoms with E-state index < -0.39 is 23.8 Å². The van der Waals surface area contributed by atoms with E-state index in [1.165, 1.54) is 7.11 Å². The Balaban J connectivity index is 1.28. The Morgan fingerprint density at radius 1 is 1.07 bits per heavy atom.